The third kappa shape index (κ3) is 2.48. The Morgan fingerprint density at radius 3 is 2.60 bits per heavy atom. The lowest BCUT2D eigenvalue weighted by Gasteiger charge is -2.29. The molecule has 4 heteroatoms. The maximum atomic E-state index is 13.5. The number of aliphatic hydroxyl groups excluding tert-OH is 1. The van der Waals surface area contributed by atoms with Crippen molar-refractivity contribution < 1.29 is 9.50 Å². The van der Waals surface area contributed by atoms with E-state index in [1.54, 1.807) is 19.9 Å². The van der Waals surface area contributed by atoms with Crippen molar-refractivity contribution in [3.05, 3.63) is 34.6 Å². The van der Waals surface area contributed by atoms with E-state index in [0.717, 1.165) is 0 Å². The molecule has 15 heavy (non-hydrogen) atoms. The topological polar surface area (TPSA) is 46.2 Å². The number of benzene rings is 1. The molecule has 0 aromatic heterocycles. The summed E-state index contributed by atoms with van der Waals surface area (Å²) in [5.41, 5.74) is 5.03. The van der Waals surface area contributed by atoms with Crippen LogP contribution in [0.25, 0.3) is 0 Å². The molecule has 0 amide bonds. The molecule has 1 aromatic rings. The second-order valence-electron chi connectivity index (χ2n) is 4.23. The van der Waals surface area contributed by atoms with Crippen LogP contribution in [0.3, 0.4) is 0 Å². The van der Waals surface area contributed by atoms with Gasteiger partial charge in [0, 0.05) is 22.5 Å². The molecule has 0 bridgehead atoms. The highest BCUT2D eigenvalue weighted by Gasteiger charge is 2.31. The number of nitrogens with two attached hydrogens (primary N) is 1. The number of aliphatic hydroxyl groups is 1. The van der Waals surface area contributed by atoms with Crippen molar-refractivity contribution in [2.75, 3.05) is 6.54 Å². The van der Waals surface area contributed by atoms with E-state index in [-0.39, 0.29) is 17.1 Å². The quantitative estimate of drug-likeness (QED) is 0.840. The number of halogens is 2. The summed E-state index contributed by atoms with van der Waals surface area (Å²) in [6.45, 7) is 3.78. The Hall–Kier alpha value is -0.640. The normalized spacial score (nSPS) is 14.0. The highest BCUT2D eigenvalue weighted by molar-refractivity contribution is 6.31. The van der Waals surface area contributed by atoms with E-state index in [0.29, 0.717) is 0 Å². The van der Waals surface area contributed by atoms with Crippen LogP contribution in [0.2, 0.25) is 5.02 Å². The van der Waals surface area contributed by atoms with Crippen LogP contribution in [0.15, 0.2) is 18.2 Å². The minimum absolute atomic E-state index is 0.120. The molecule has 0 radical (unpaired) electrons. The fraction of sp³-hybridized carbons (Fsp3) is 0.455. The maximum Gasteiger partial charge on any atom is 0.130 e. The van der Waals surface area contributed by atoms with Crippen LogP contribution in [0.4, 0.5) is 4.39 Å². The SMILES string of the molecule is CC(C)(CN)C(O)c1c(F)cccc1Cl. The maximum absolute atomic E-state index is 13.5. The van der Waals surface area contributed by atoms with Gasteiger partial charge in [0.1, 0.15) is 5.82 Å². The predicted octanol–water partition coefficient (Wildman–Crippen LogP) is 2.50. The van der Waals surface area contributed by atoms with Gasteiger partial charge >= 0.3 is 0 Å². The molecule has 0 saturated carbocycles. The number of hydrogen-bond donors (Lipinski definition) is 2. The monoisotopic (exact) mass is 231 g/mol. The lowest BCUT2D eigenvalue weighted by Crippen LogP contribution is -2.31. The number of hydrogen-bond acceptors (Lipinski definition) is 2. The third-order valence-electron chi connectivity index (χ3n) is 2.54. The van der Waals surface area contributed by atoms with E-state index in [1.807, 2.05) is 0 Å². The predicted molar refractivity (Wildman–Crippen MR) is 59.2 cm³/mol. The molecule has 0 aliphatic carbocycles. The molecule has 1 unspecified atom stereocenters. The molecule has 0 heterocycles. The van der Waals surface area contributed by atoms with Crippen molar-refractivity contribution in [2.45, 2.75) is 20.0 Å². The molecule has 1 atom stereocenters. The zero-order valence-corrected chi connectivity index (χ0v) is 9.55. The van der Waals surface area contributed by atoms with Crippen molar-refractivity contribution >= 4 is 11.6 Å². The first-order valence-corrected chi connectivity index (χ1v) is 5.10. The summed E-state index contributed by atoms with van der Waals surface area (Å²) >= 11 is 5.85. The molecule has 2 nitrogen and oxygen atoms in total. The Labute approximate surface area is 93.9 Å². The fourth-order valence-corrected chi connectivity index (χ4v) is 1.54. The van der Waals surface area contributed by atoms with E-state index in [9.17, 15) is 9.50 Å². The van der Waals surface area contributed by atoms with Gasteiger partial charge in [-0.25, -0.2) is 4.39 Å². The van der Waals surface area contributed by atoms with Gasteiger partial charge in [-0.1, -0.05) is 31.5 Å². The molecule has 0 spiro atoms. The molecule has 1 aromatic carbocycles. The smallest absolute Gasteiger partial charge is 0.130 e. The first-order chi connectivity index (χ1) is 6.90. The van der Waals surface area contributed by atoms with Gasteiger partial charge in [-0.15, -0.1) is 0 Å². The van der Waals surface area contributed by atoms with Gasteiger partial charge < -0.3 is 10.8 Å². The van der Waals surface area contributed by atoms with E-state index in [4.69, 9.17) is 17.3 Å². The summed E-state index contributed by atoms with van der Waals surface area (Å²) in [5, 5.41) is 10.2. The Morgan fingerprint density at radius 1 is 1.53 bits per heavy atom. The highest BCUT2D eigenvalue weighted by atomic mass is 35.5. The highest BCUT2D eigenvalue weighted by Crippen LogP contribution is 2.37. The summed E-state index contributed by atoms with van der Waals surface area (Å²) < 4.78 is 13.5. The van der Waals surface area contributed by atoms with Gasteiger partial charge in [-0.05, 0) is 12.1 Å². The Morgan fingerprint density at radius 2 is 2.13 bits per heavy atom. The first kappa shape index (κ1) is 12.4. The Bertz CT molecular complexity index is 334. The van der Waals surface area contributed by atoms with E-state index >= 15 is 0 Å². The molecular weight excluding hydrogens is 217 g/mol. The number of rotatable bonds is 3. The Balaban J connectivity index is 3.16. The molecule has 84 valence electrons. The standard InChI is InChI=1S/C11H15ClFNO/c1-11(2,6-14)10(15)9-7(12)4-3-5-8(9)13/h3-5,10,15H,6,14H2,1-2H3. The lowest BCUT2D eigenvalue weighted by molar-refractivity contribution is 0.0525. The van der Waals surface area contributed by atoms with E-state index in [2.05, 4.69) is 0 Å². The third-order valence-corrected chi connectivity index (χ3v) is 2.87. The van der Waals surface area contributed by atoms with Gasteiger partial charge in [0.2, 0.25) is 0 Å². The molecular formula is C11H15ClFNO. The van der Waals surface area contributed by atoms with Crippen LogP contribution in [0, 0.1) is 11.2 Å². The molecule has 1 rings (SSSR count). The van der Waals surface area contributed by atoms with Crippen LogP contribution in [-0.4, -0.2) is 11.7 Å². The molecule has 0 fully saturated rings. The average molecular weight is 232 g/mol. The van der Waals surface area contributed by atoms with E-state index < -0.39 is 17.3 Å². The molecule has 0 aliphatic heterocycles. The van der Waals surface area contributed by atoms with Gasteiger partial charge in [-0.2, -0.15) is 0 Å². The first-order valence-electron chi connectivity index (χ1n) is 4.72. The van der Waals surface area contributed by atoms with Crippen LogP contribution < -0.4 is 5.73 Å². The summed E-state index contributed by atoms with van der Waals surface area (Å²) in [5.74, 6) is -0.503. The minimum atomic E-state index is -1.00. The lowest BCUT2D eigenvalue weighted by atomic mass is 9.82. The fourth-order valence-electron chi connectivity index (χ4n) is 1.27. The zero-order chi connectivity index (χ0) is 11.6. The van der Waals surface area contributed by atoms with Gasteiger partial charge in [0.15, 0.2) is 0 Å². The van der Waals surface area contributed by atoms with Gasteiger partial charge in [0.25, 0.3) is 0 Å². The summed E-state index contributed by atoms with van der Waals surface area (Å²) in [7, 11) is 0. The minimum Gasteiger partial charge on any atom is -0.388 e. The second-order valence-corrected chi connectivity index (χ2v) is 4.64. The second kappa shape index (κ2) is 4.47. The molecule has 3 N–H and O–H groups in total. The molecule has 0 saturated heterocycles. The van der Waals surface area contributed by atoms with Crippen LogP contribution in [0.1, 0.15) is 25.5 Å². The van der Waals surface area contributed by atoms with Crippen molar-refractivity contribution in [3.63, 3.8) is 0 Å². The van der Waals surface area contributed by atoms with Crippen LogP contribution in [-0.2, 0) is 0 Å². The summed E-state index contributed by atoms with van der Waals surface area (Å²) in [4.78, 5) is 0. The van der Waals surface area contributed by atoms with Crippen molar-refractivity contribution in [2.24, 2.45) is 11.1 Å². The van der Waals surface area contributed by atoms with Gasteiger partial charge in [0.05, 0.1) is 6.10 Å². The van der Waals surface area contributed by atoms with Crippen molar-refractivity contribution in [1.29, 1.82) is 0 Å². The summed E-state index contributed by atoms with van der Waals surface area (Å²) in [6, 6.07) is 4.33. The zero-order valence-electron chi connectivity index (χ0n) is 8.80. The van der Waals surface area contributed by atoms with Gasteiger partial charge in [-0.3, -0.25) is 0 Å². The van der Waals surface area contributed by atoms with Crippen LogP contribution in [0.5, 0.6) is 0 Å². The van der Waals surface area contributed by atoms with E-state index in [1.165, 1.54) is 12.1 Å². The largest absolute Gasteiger partial charge is 0.388 e. The van der Waals surface area contributed by atoms with Crippen molar-refractivity contribution in [1.82, 2.24) is 0 Å². The summed E-state index contributed by atoms with van der Waals surface area (Å²) in [6.07, 6.45) is -1.00. The average Bonchev–Trinajstić information content (AvgIpc) is 2.17. The van der Waals surface area contributed by atoms with Crippen LogP contribution >= 0.6 is 11.6 Å². The molecule has 0 aliphatic rings. The van der Waals surface area contributed by atoms with Crippen molar-refractivity contribution in [3.8, 4) is 0 Å². The Kier molecular flexibility index (Phi) is 3.71.